The number of pyridine rings is 1. The van der Waals surface area contributed by atoms with E-state index in [2.05, 4.69) is 4.98 Å². The van der Waals surface area contributed by atoms with Gasteiger partial charge in [-0.05, 0) is 18.7 Å². The normalized spacial score (nSPS) is 11.6. The Morgan fingerprint density at radius 2 is 2.19 bits per heavy atom. The van der Waals surface area contributed by atoms with E-state index in [0.717, 1.165) is 0 Å². The Morgan fingerprint density at radius 3 is 2.81 bits per heavy atom. The first-order valence-electron chi connectivity index (χ1n) is 8.01. The number of hydrogen-bond acceptors (Lipinski definition) is 5. The zero-order valence-electron chi connectivity index (χ0n) is 14.3. The molecule has 0 atom stereocenters. The Labute approximate surface area is 173 Å². The van der Waals surface area contributed by atoms with Crippen molar-refractivity contribution in [2.24, 2.45) is 0 Å². The molecule has 0 radical (unpaired) electrons. The molecule has 0 aliphatic heterocycles. The van der Waals surface area contributed by atoms with Crippen LogP contribution in [0, 0.1) is 5.21 Å². The molecular formula is C16H17ClF3N3OS3. The third kappa shape index (κ3) is 6.78. The second-order valence-corrected chi connectivity index (χ2v) is 8.46. The number of thioether (sulfide) groups is 1. The lowest BCUT2D eigenvalue weighted by Crippen LogP contribution is -2.28. The van der Waals surface area contributed by atoms with E-state index in [1.54, 1.807) is 12.1 Å². The van der Waals surface area contributed by atoms with E-state index in [-0.39, 0.29) is 10.9 Å². The summed E-state index contributed by atoms with van der Waals surface area (Å²) in [6.07, 6.45) is -1.67. The van der Waals surface area contributed by atoms with Gasteiger partial charge in [0.05, 0.1) is 17.0 Å². The molecule has 0 spiro atoms. The Morgan fingerprint density at radius 1 is 1.44 bits per heavy atom. The maximum absolute atomic E-state index is 12.2. The van der Waals surface area contributed by atoms with E-state index in [9.17, 15) is 18.4 Å². The third-order valence-corrected chi connectivity index (χ3v) is 6.36. The van der Waals surface area contributed by atoms with Crippen molar-refractivity contribution < 1.29 is 17.9 Å². The number of nitrogens with zero attached hydrogens (tertiary/aromatic N) is 3. The van der Waals surface area contributed by atoms with Crippen LogP contribution in [-0.4, -0.2) is 34.2 Å². The summed E-state index contributed by atoms with van der Waals surface area (Å²) < 4.78 is 37.2. The van der Waals surface area contributed by atoms with Gasteiger partial charge in [-0.25, -0.2) is 4.98 Å². The fourth-order valence-electron chi connectivity index (χ4n) is 2.18. The number of hydrogen-bond donors (Lipinski definition) is 0. The van der Waals surface area contributed by atoms with Crippen LogP contribution >= 0.6 is 46.9 Å². The van der Waals surface area contributed by atoms with Gasteiger partial charge < -0.3 is 10.1 Å². The van der Waals surface area contributed by atoms with Crippen molar-refractivity contribution in [3.8, 4) is 10.6 Å². The average molecular weight is 456 g/mol. The summed E-state index contributed by atoms with van der Waals surface area (Å²) in [4.78, 5) is 6.74. The molecule has 4 nitrogen and oxygen atoms in total. The summed E-state index contributed by atoms with van der Waals surface area (Å²) in [6.45, 7) is 2.47. The van der Waals surface area contributed by atoms with E-state index in [1.165, 1.54) is 35.5 Å². The molecule has 0 N–H and O–H groups in total. The fraction of sp³-hybridized carbons (Fsp3) is 0.438. The molecule has 0 unspecified atom stereocenters. The lowest BCUT2D eigenvalue weighted by atomic mass is 10.3. The maximum Gasteiger partial charge on any atom is 0.389 e. The first-order valence-corrected chi connectivity index (χ1v) is 10.8. The SMILES string of the molecule is CCN(C(=S)CCSCCC(F)(F)F)c1sc(-c2ccc[n+]([O-])c2)nc1Cl. The lowest BCUT2D eigenvalue weighted by molar-refractivity contribution is -0.604. The minimum absolute atomic E-state index is 0.0207. The Hall–Kier alpha value is -1.10. The molecule has 2 rings (SSSR count). The molecule has 0 aliphatic rings. The first-order chi connectivity index (χ1) is 12.7. The second-order valence-electron chi connectivity index (χ2n) is 5.43. The predicted octanol–water partition coefficient (Wildman–Crippen LogP) is 5.33. The molecular weight excluding hydrogens is 439 g/mol. The largest absolute Gasteiger partial charge is 0.619 e. The van der Waals surface area contributed by atoms with Crippen LogP contribution in [0.4, 0.5) is 18.2 Å². The van der Waals surface area contributed by atoms with Gasteiger partial charge in [0.15, 0.2) is 17.5 Å². The van der Waals surface area contributed by atoms with Gasteiger partial charge in [-0.2, -0.15) is 29.7 Å². The summed E-state index contributed by atoms with van der Waals surface area (Å²) in [7, 11) is 0. The predicted molar refractivity (Wildman–Crippen MR) is 110 cm³/mol. The van der Waals surface area contributed by atoms with Crippen LogP contribution in [0.25, 0.3) is 10.6 Å². The summed E-state index contributed by atoms with van der Waals surface area (Å²) in [5, 5.41) is 13.0. The van der Waals surface area contributed by atoms with E-state index in [4.69, 9.17) is 23.8 Å². The molecule has 0 aromatic carbocycles. The van der Waals surface area contributed by atoms with Crippen molar-refractivity contribution in [3.05, 3.63) is 34.9 Å². The molecule has 2 aromatic heterocycles. The molecule has 0 fully saturated rings. The molecule has 0 bridgehead atoms. The molecule has 2 heterocycles. The number of aromatic nitrogens is 2. The summed E-state index contributed by atoms with van der Waals surface area (Å²) in [5.41, 5.74) is 0.648. The van der Waals surface area contributed by atoms with Gasteiger partial charge in [0.2, 0.25) is 0 Å². The molecule has 0 saturated carbocycles. The highest BCUT2D eigenvalue weighted by atomic mass is 35.5. The molecule has 2 aromatic rings. The van der Waals surface area contributed by atoms with E-state index >= 15 is 0 Å². The van der Waals surface area contributed by atoms with Gasteiger partial charge in [0.25, 0.3) is 0 Å². The van der Waals surface area contributed by atoms with Crippen LogP contribution < -0.4 is 9.63 Å². The zero-order chi connectivity index (χ0) is 20.0. The standard InChI is InChI=1S/C16H17ClF3N3OS3/c1-2-23(12(25)5-8-26-9-6-16(18,19)20)15-13(17)21-14(27-15)11-4-3-7-22(24)10-11/h3-4,7,10H,2,5-6,8-9H2,1H3. The van der Waals surface area contributed by atoms with Crippen molar-refractivity contribution in [1.29, 1.82) is 0 Å². The van der Waals surface area contributed by atoms with Gasteiger partial charge >= 0.3 is 6.18 Å². The van der Waals surface area contributed by atoms with Crippen LogP contribution in [-0.2, 0) is 0 Å². The van der Waals surface area contributed by atoms with Crippen LogP contribution in [0.15, 0.2) is 24.5 Å². The monoisotopic (exact) mass is 455 g/mol. The maximum atomic E-state index is 12.2. The average Bonchev–Trinajstić information content (AvgIpc) is 2.96. The van der Waals surface area contributed by atoms with Crippen molar-refractivity contribution in [2.45, 2.75) is 25.9 Å². The minimum atomic E-state index is -4.13. The molecule has 27 heavy (non-hydrogen) atoms. The molecule has 0 aliphatic carbocycles. The van der Waals surface area contributed by atoms with Crippen LogP contribution in [0.5, 0.6) is 0 Å². The van der Waals surface area contributed by atoms with Gasteiger partial charge in [-0.1, -0.05) is 35.2 Å². The fourth-order valence-corrected chi connectivity index (χ4v) is 5.00. The zero-order valence-corrected chi connectivity index (χ0v) is 17.5. The number of alkyl halides is 3. The Balaban J connectivity index is 2.01. The molecule has 0 saturated heterocycles. The minimum Gasteiger partial charge on any atom is -0.619 e. The van der Waals surface area contributed by atoms with Crippen LogP contribution in [0.2, 0.25) is 5.15 Å². The van der Waals surface area contributed by atoms with Crippen molar-refractivity contribution in [3.63, 3.8) is 0 Å². The highest BCUT2D eigenvalue weighted by Crippen LogP contribution is 2.37. The van der Waals surface area contributed by atoms with Crippen molar-refractivity contribution in [2.75, 3.05) is 23.0 Å². The second kappa shape index (κ2) is 9.90. The van der Waals surface area contributed by atoms with Gasteiger partial charge in [-0.15, -0.1) is 0 Å². The summed E-state index contributed by atoms with van der Waals surface area (Å²) in [5.74, 6) is 0.524. The van der Waals surface area contributed by atoms with E-state index in [0.29, 0.717) is 44.0 Å². The smallest absolute Gasteiger partial charge is 0.389 e. The van der Waals surface area contributed by atoms with Gasteiger partial charge in [0.1, 0.15) is 10.0 Å². The molecule has 0 amide bonds. The van der Waals surface area contributed by atoms with E-state index < -0.39 is 12.6 Å². The topological polar surface area (TPSA) is 43.1 Å². The van der Waals surface area contributed by atoms with Gasteiger partial charge in [0, 0.05) is 24.8 Å². The van der Waals surface area contributed by atoms with Crippen LogP contribution in [0.3, 0.4) is 0 Å². The Bertz CT molecular complexity index is 786. The highest BCUT2D eigenvalue weighted by molar-refractivity contribution is 7.99. The highest BCUT2D eigenvalue weighted by Gasteiger charge is 2.26. The van der Waals surface area contributed by atoms with Crippen LogP contribution in [0.1, 0.15) is 19.8 Å². The number of rotatable bonds is 8. The third-order valence-electron chi connectivity index (χ3n) is 3.44. The van der Waals surface area contributed by atoms with Gasteiger partial charge in [-0.3, -0.25) is 0 Å². The first kappa shape index (κ1) is 22.2. The molecule has 11 heteroatoms. The number of thiazole rings is 1. The summed E-state index contributed by atoms with van der Waals surface area (Å²) >= 11 is 14.3. The van der Waals surface area contributed by atoms with Crippen molar-refractivity contribution in [1.82, 2.24) is 4.98 Å². The number of thiocarbonyl (C=S) groups is 1. The number of anilines is 1. The number of halogens is 4. The molecule has 148 valence electrons. The quantitative estimate of drug-likeness (QED) is 0.233. The summed E-state index contributed by atoms with van der Waals surface area (Å²) in [6, 6.07) is 3.39. The van der Waals surface area contributed by atoms with Crippen molar-refractivity contribution >= 4 is 56.9 Å². The Kier molecular flexibility index (Phi) is 8.14. The lowest BCUT2D eigenvalue weighted by Gasteiger charge is -2.22. The van der Waals surface area contributed by atoms with E-state index in [1.807, 2.05) is 11.8 Å².